The van der Waals surface area contributed by atoms with Crippen molar-refractivity contribution in [1.29, 1.82) is 0 Å². The van der Waals surface area contributed by atoms with Gasteiger partial charge in [0.1, 0.15) is 11.5 Å². The number of alkyl halides is 3. The van der Waals surface area contributed by atoms with Crippen LogP contribution in [0, 0.1) is 5.92 Å². The average molecular weight is 577 g/mol. The topological polar surface area (TPSA) is 57.9 Å². The quantitative estimate of drug-likeness (QED) is 0.264. The molecule has 2 atom stereocenters. The monoisotopic (exact) mass is 576 g/mol. The fraction of sp³-hybridized carbons (Fsp3) is 0.265. The van der Waals surface area contributed by atoms with Crippen molar-refractivity contribution in [1.82, 2.24) is 0 Å². The predicted molar refractivity (Wildman–Crippen MR) is 154 cm³/mol. The normalized spacial score (nSPS) is 19.5. The first kappa shape index (κ1) is 29.0. The summed E-state index contributed by atoms with van der Waals surface area (Å²) in [4.78, 5) is 13.3. The molecule has 1 aromatic heterocycles. The van der Waals surface area contributed by atoms with Crippen LogP contribution in [0.3, 0.4) is 0 Å². The van der Waals surface area contributed by atoms with E-state index in [-0.39, 0.29) is 24.4 Å². The lowest BCUT2D eigenvalue weighted by atomic mass is 9.71. The van der Waals surface area contributed by atoms with E-state index in [0.29, 0.717) is 40.6 Å². The smallest absolute Gasteiger partial charge is 0.416 e. The predicted octanol–water partition coefficient (Wildman–Crippen LogP) is 8.55. The summed E-state index contributed by atoms with van der Waals surface area (Å²) in [7, 11) is 3.13. The molecule has 1 fully saturated rings. The van der Waals surface area contributed by atoms with E-state index >= 15 is 0 Å². The number of halogens is 3. The molecular weight excluding hydrogens is 545 g/mol. The maximum absolute atomic E-state index is 13.3. The van der Waals surface area contributed by atoms with Gasteiger partial charge in [0.2, 0.25) is 0 Å². The van der Waals surface area contributed by atoms with Crippen LogP contribution in [0.2, 0.25) is 0 Å². The summed E-state index contributed by atoms with van der Waals surface area (Å²) in [6.07, 6.45) is 0.0262. The van der Waals surface area contributed by atoms with Crippen molar-refractivity contribution in [2.45, 2.75) is 32.4 Å². The number of rotatable bonds is 7. The van der Waals surface area contributed by atoms with Crippen molar-refractivity contribution in [3.8, 4) is 22.8 Å². The summed E-state index contributed by atoms with van der Waals surface area (Å²) < 4.78 is 62.1. The van der Waals surface area contributed by atoms with E-state index in [0.717, 1.165) is 40.0 Å². The zero-order valence-corrected chi connectivity index (χ0v) is 23.8. The molecule has 0 aliphatic heterocycles. The molecule has 2 aliphatic rings. The molecule has 5 rings (SSSR count). The van der Waals surface area contributed by atoms with Gasteiger partial charge in [-0.15, -0.1) is 0 Å². The van der Waals surface area contributed by atoms with Gasteiger partial charge in [-0.3, -0.25) is 0 Å². The molecule has 0 radical (unpaired) electrons. The molecule has 3 aromatic rings. The van der Waals surface area contributed by atoms with Crippen LogP contribution in [-0.4, -0.2) is 26.8 Å². The second kappa shape index (κ2) is 11.4. The molecule has 0 spiro atoms. The van der Waals surface area contributed by atoms with Crippen LogP contribution >= 0.6 is 0 Å². The highest BCUT2D eigenvalue weighted by atomic mass is 19.4. The number of hydrogen-bond donors (Lipinski definition) is 0. The maximum atomic E-state index is 13.3. The third-order valence-corrected chi connectivity index (χ3v) is 7.73. The highest BCUT2D eigenvalue weighted by molar-refractivity contribution is 5.93. The van der Waals surface area contributed by atoms with Gasteiger partial charge in [-0.25, -0.2) is 4.79 Å². The van der Waals surface area contributed by atoms with Crippen LogP contribution in [0.1, 0.15) is 43.1 Å². The second-order valence-corrected chi connectivity index (χ2v) is 10.3. The minimum absolute atomic E-state index is 0.213. The third kappa shape index (κ3) is 5.41. The Hall–Kier alpha value is -4.46. The Morgan fingerprint density at radius 1 is 1.05 bits per heavy atom. The number of methoxy groups -OCH3 is 2. The Morgan fingerprint density at radius 2 is 1.81 bits per heavy atom. The van der Waals surface area contributed by atoms with Crippen LogP contribution in [0.4, 0.5) is 13.2 Å². The molecule has 2 aliphatic carbocycles. The van der Waals surface area contributed by atoms with Gasteiger partial charge in [-0.05, 0) is 85.0 Å². The number of hydrogen-bond acceptors (Lipinski definition) is 5. The van der Waals surface area contributed by atoms with Crippen LogP contribution in [0.5, 0.6) is 11.5 Å². The number of carbonyl (C=O) groups excluding carboxylic acids is 1. The largest absolute Gasteiger partial charge is 0.493 e. The summed E-state index contributed by atoms with van der Waals surface area (Å²) in [5.41, 5.74) is 4.68. The fourth-order valence-corrected chi connectivity index (χ4v) is 5.84. The number of carbonyl (C=O) groups is 1. The van der Waals surface area contributed by atoms with Crippen molar-refractivity contribution in [3.05, 3.63) is 112 Å². The first-order valence-corrected chi connectivity index (χ1v) is 13.5. The molecule has 218 valence electrons. The van der Waals surface area contributed by atoms with E-state index in [1.165, 1.54) is 6.07 Å². The number of fused-ring (bicyclic) bond motifs is 1. The molecular formula is C34H31F3O5. The molecule has 8 heteroatoms. The van der Waals surface area contributed by atoms with Crippen molar-refractivity contribution >= 4 is 12.0 Å². The van der Waals surface area contributed by atoms with E-state index in [2.05, 4.69) is 6.58 Å². The summed E-state index contributed by atoms with van der Waals surface area (Å²) in [6.45, 7) is 8.35. The van der Waals surface area contributed by atoms with Gasteiger partial charge in [0.05, 0.1) is 26.4 Å². The van der Waals surface area contributed by atoms with E-state index in [1.54, 1.807) is 39.3 Å². The fourth-order valence-electron chi connectivity index (χ4n) is 5.84. The molecule has 0 amide bonds. The molecule has 42 heavy (non-hydrogen) atoms. The lowest BCUT2D eigenvalue weighted by Gasteiger charge is -2.32. The standard InChI is InChI=1S/C34H31F3O5/c1-6-41-33(38)30-19(2)14-24-15-23(20(3)31(24)32(30)22-10-12-28(39-4)29(18-22)40-5)17-26-11-13-27(42-26)21-8-7-9-25(16-21)34(35,36)37/h7-14,16-18,31-32H,3,6,15H2,1-2,4-5H3. The van der Waals surface area contributed by atoms with Gasteiger partial charge in [-0.2, -0.15) is 13.2 Å². The van der Waals surface area contributed by atoms with E-state index < -0.39 is 11.7 Å². The summed E-state index contributed by atoms with van der Waals surface area (Å²) in [6, 6.07) is 14.0. The van der Waals surface area contributed by atoms with Crippen LogP contribution in [0.25, 0.3) is 17.4 Å². The molecule has 1 saturated carbocycles. The first-order valence-electron chi connectivity index (χ1n) is 13.5. The Kier molecular flexibility index (Phi) is 7.91. The Labute approximate surface area is 242 Å². The average Bonchev–Trinajstić information content (AvgIpc) is 3.55. The summed E-state index contributed by atoms with van der Waals surface area (Å²) in [5.74, 6) is 0.978. The number of furan rings is 1. The highest BCUT2D eigenvalue weighted by Crippen LogP contribution is 2.54. The second-order valence-electron chi connectivity index (χ2n) is 10.3. The van der Waals surface area contributed by atoms with Crippen molar-refractivity contribution in [2.75, 3.05) is 20.8 Å². The molecule has 0 saturated heterocycles. The van der Waals surface area contributed by atoms with E-state index in [1.807, 2.05) is 37.3 Å². The number of esters is 1. The molecule has 0 bridgehead atoms. The van der Waals surface area contributed by atoms with Gasteiger partial charge in [0.25, 0.3) is 0 Å². The van der Waals surface area contributed by atoms with Crippen molar-refractivity contribution < 1.29 is 36.6 Å². The lowest BCUT2D eigenvalue weighted by molar-refractivity contribution is -0.139. The molecule has 1 heterocycles. The van der Waals surface area contributed by atoms with Crippen molar-refractivity contribution in [2.24, 2.45) is 5.92 Å². The van der Waals surface area contributed by atoms with Gasteiger partial charge < -0.3 is 18.6 Å². The zero-order valence-electron chi connectivity index (χ0n) is 23.8. The van der Waals surface area contributed by atoms with Gasteiger partial charge >= 0.3 is 12.1 Å². The zero-order chi connectivity index (χ0) is 30.2. The van der Waals surface area contributed by atoms with Crippen LogP contribution in [0.15, 0.2) is 99.5 Å². The summed E-state index contributed by atoms with van der Waals surface area (Å²) in [5, 5.41) is 0. The van der Waals surface area contributed by atoms with Crippen LogP contribution in [-0.2, 0) is 15.7 Å². The SMILES string of the molecule is C=C1C(=Cc2ccc(-c3cccc(C(F)(F)F)c3)o2)CC2=CC(C)=C(C(=O)OCC)C(c3ccc(OC)c(OC)c3)C12. The van der Waals surface area contributed by atoms with Gasteiger partial charge in [0, 0.05) is 23.0 Å². The highest BCUT2D eigenvalue weighted by Gasteiger charge is 2.43. The summed E-state index contributed by atoms with van der Waals surface area (Å²) >= 11 is 0. The van der Waals surface area contributed by atoms with E-state index in [9.17, 15) is 18.0 Å². The Morgan fingerprint density at radius 3 is 2.50 bits per heavy atom. The minimum Gasteiger partial charge on any atom is -0.493 e. The Bertz CT molecular complexity index is 1640. The minimum atomic E-state index is -4.45. The lowest BCUT2D eigenvalue weighted by Crippen LogP contribution is -2.26. The molecule has 5 nitrogen and oxygen atoms in total. The Balaban J connectivity index is 1.52. The number of ether oxygens (including phenoxy) is 3. The molecule has 0 N–H and O–H groups in total. The maximum Gasteiger partial charge on any atom is 0.416 e. The van der Waals surface area contributed by atoms with Crippen molar-refractivity contribution in [3.63, 3.8) is 0 Å². The number of allylic oxidation sites excluding steroid dienone is 5. The van der Waals surface area contributed by atoms with Crippen LogP contribution < -0.4 is 9.47 Å². The number of benzene rings is 2. The molecule has 2 aromatic carbocycles. The van der Waals surface area contributed by atoms with Gasteiger partial charge in [-0.1, -0.05) is 36.4 Å². The molecule has 2 unspecified atom stereocenters. The van der Waals surface area contributed by atoms with E-state index in [4.69, 9.17) is 18.6 Å². The van der Waals surface area contributed by atoms with Gasteiger partial charge in [0.15, 0.2) is 11.5 Å². The third-order valence-electron chi connectivity index (χ3n) is 7.73. The first-order chi connectivity index (χ1) is 20.0.